The minimum atomic E-state index is 0.238. The van der Waals surface area contributed by atoms with Gasteiger partial charge in [-0.05, 0) is 60.1 Å². The summed E-state index contributed by atoms with van der Waals surface area (Å²) in [5.41, 5.74) is 1.36. The number of nitrogens with one attached hydrogen (secondary N) is 1. The van der Waals surface area contributed by atoms with E-state index in [2.05, 4.69) is 57.6 Å². The van der Waals surface area contributed by atoms with Crippen molar-refractivity contribution < 1.29 is 4.79 Å². The molecule has 1 amide bonds. The predicted octanol–water partition coefficient (Wildman–Crippen LogP) is 5.62. The maximum Gasteiger partial charge on any atom is 0.220 e. The second kappa shape index (κ2) is 8.66. The molecule has 1 aliphatic rings. The van der Waals surface area contributed by atoms with Crippen molar-refractivity contribution in [2.24, 2.45) is 5.92 Å². The number of aryl methyl sites for hydroxylation is 1. The molecule has 0 bridgehead atoms. The van der Waals surface area contributed by atoms with Crippen LogP contribution in [0.3, 0.4) is 0 Å². The Hall–Kier alpha value is -1.35. The quantitative estimate of drug-likeness (QED) is 0.640. The summed E-state index contributed by atoms with van der Waals surface area (Å²) in [4.78, 5) is 12.1. The lowest BCUT2D eigenvalue weighted by Gasteiger charge is -2.20. The standard InChI is InChI=1S/C21H26BrNO/c22-19-12-11-18-9-4-8-17(20(18)15-19)10-5-13-23-21(24)14-16-6-2-1-3-7-16/h4,8-9,11-12,15-16H,1-3,5-7,10,13-14H2,(H,23,24). The van der Waals surface area contributed by atoms with E-state index in [1.165, 1.54) is 48.4 Å². The number of rotatable bonds is 6. The fourth-order valence-corrected chi connectivity index (χ4v) is 4.12. The van der Waals surface area contributed by atoms with Gasteiger partial charge in [0.05, 0.1) is 0 Å². The van der Waals surface area contributed by atoms with Crippen LogP contribution in [-0.4, -0.2) is 12.5 Å². The molecule has 0 atom stereocenters. The zero-order valence-electron chi connectivity index (χ0n) is 14.2. The molecule has 1 fully saturated rings. The van der Waals surface area contributed by atoms with Gasteiger partial charge >= 0.3 is 0 Å². The van der Waals surface area contributed by atoms with E-state index in [1.54, 1.807) is 0 Å². The summed E-state index contributed by atoms with van der Waals surface area (Å²) >= 11 is 3.56. The predicted molar refractivity (Wildman–Crippen MR) is 104 cm³/mol. The molecule has 0 aliphatic heterocycles. The second-order valence-electron chi connectivity index (χ2n) is 6.94. The highest BCUT2D eigenvalue weighted by Crippen LogP contribution is 2.26. The van der Waals surface area contributed by atoms with Crippen LogP contribution >= 0.6 is 15.9 Å². The Kier molecular flexibility index (Phi) is 6.30. The Morgan fingerprint density at radius 3 is 2.79 bits per heavy atom. The molecule has 0 aromatic heterocycles. The fraction of sp³-hybridized carbons (Fsp3) is 0.476. The lowest BCUT2D eigenvalue weighted by atomic mass is 9.87. The maximum atomic E-state index is 12.1. The molecule has 0 radical (unpaired) electrons. The van der Waals surface area contributed by atoms with Gasteiger partial charge in [0.15, 0.2) is 0 Å². The molecule has 128 valence electrons. The molecule has 2 aromatic rings. The summed E-state index contributed by atoms with van der Waals surface area (Å²) < 4.78 is 1.11. The van der Waals surface area contributed by atoms with Gasteiger partial charge in [0.1, 0.15) is 0 Å². The molecule has 24 heavy (non-hydrogen) atoms. The van der Waals surface area contributed by atoms with Gasteiger partial charge in [-0.15, -0.1) is 0 Å². The fourth-order valence-electron chi connectivity index (χ4n) is 3.76. The highest BCUT2D eigenvalue weighted by molar-refractivity contribution is 9.10. The SMILES string of the molecule is O=C(CC1CCCCC1)NCCCc1cccc2ccc(Br)cc12. The van der Waals surface area contributed by atoms with E-state index in [1.807, 2.05) is 0 Å². The molecule has 1 N–H and O–H groups in total. The number of hydrogen-bond acceptors (Lipinski definition) is 1. The number of carbonyl (C=O) groups is 1. The first kappa shape index (κ1) is 17.5. The molecule has 3 rings (SSSR count). The molecular formula is C21H26BrNO. The van der Waals surface area contributed by atoms with E-state index in [0.717, 1.165) is 30.3 Å². The second-order valence-corrected chi connectivity index (χ2v) is 7.86. The lowest BCUT2D eigenvalue weighted by Crippen LogP contribution is -2.27. The average molecular weight is 388 g/mol. The normalized spacial score (nSPS) is 15.5. The number of carbonyl (C=O) groups excluding carboxylic acids is 1. The molecule has 0 spiro atoms. The lowest BCUT2D eigenvalue weighted by molar-refractivity contribution is -0.122. The minimum Gasteiger partial charge on any atom is -0.356 e. The number of halogens is 1. The molecule has 0 saturated heterocycles. The smallest absolute Gasteiger partial charge is 0.220 e. The average Bonchev–Trinajstić information content (AvgIpc) is 2.60. The topological polar surface area (TPSA) is 29.1 Å². The summed E-state index contributed by atoms with van der Waals surface area (Å²) in [6.07, 6.45) is 9.12. The van der Waals surface area contributed by atoms with Crippen LogP contribution in [0, 0.1) is 5.92 Å². The van der Waals surface area contributed by atoms with Crippen LogP contribution in [0.15, 0.2) is 40.9 Å². The van der Waals surface area contributed by atoms with Crippen molar-refractivity contribution in [1.82, 2.24) is 5.32 Å². The van der Waals surface area contributed by atoms with E-state index >= 15 is 0 Å². The summed E-state index contributed by atoms with van der Waals surface area (Å²) in [7, 11) is 0. The van der Waals surface area contributed by atoms with Gasteiger partial charge in [0.25, 0.3) is 0 Å². The van der Waals surface area contributed by atoms with Crippen molar-refractivity contribution in [2.45, 2.75) is 51.4 Å². The van der Waals surface area contributed by atoms with Crippen LogP contribution in [0.1, 0.15) is 50.5 Å². The van der Waals surface area contributed by atoms with Crippen LogP contribution in [-0.2, 0) is 11.2 Å². The third-order valence-electron chi connectivity index (χ3n) is 5.08. The van der Waals surface area contributed by atoms with Crippen molar-refractivity contribution in [3.8, 4) is 0 Å². The molecule has 2 aromatic carbocycles. The Bertz CT molecular complexity index is 691. The highest BCUT2D eigenvalue weighted by Gasteiger charge is 2.16. The number of fused-ring (bicyclic) bond motifs is 1. The van der Waals surface area contributed by atoms with E-state index < -0.39 is 0 Å². The monoisotopic (exact) mass is 387 g/mol. The molecule has 0 heterocycles. The molecule has 2 nitrogen and oxygen atoms in total. The molecule has 0 unspecified atom stereocenters. The van der Waals surface area contributed by atoms with Crippen molar-refractivity contribution in [1.29, 1.82) is 0 Å². The van der Waals surface area contributed by atoms with E-state index in [0.29, 0.717) is 5.92 Å². The maximum absolute atomic E-state index is 12.1. The van der Waals surface area contributed by atoms with Crippen LogP contribution in [0.5, 0.6) is 0 Å². The number of benzene rings is 2. The molecule has 1 saturated carbocycles. The molecule has 3 heteroatoms. The van der Waals surface area contributed by atoms with E-state index in [-0.39, 0.29) is 5.91 Å². The third-order valence-corrected chi connectivity index (χ3v) is 5.57. The first-order chi connectivity index (χ1) is 11.7. The van der Waals surface area contributed by atoms with Crippen molar-refractivity contribution >= 4 is 32.6 Å². The van der Waals surface area contributed by atoms with Gasteiger partial charge < -0.3 is 5.32 Å². The van der Waals surface area contributed by atoms with Gasteiger partial charge in [-0.3, -0.25) is 4.79 Å². The van der Waals surface area contributed by atoms with Gasteiger partial charge in [-0.25, -0.2) is 0 Å². The van der Waals surface area contributed by atoms with Crippen molar-refractivity contribution in [3.05, 3.63) is 46.4 Å². The number of amides is 1. The summed E-state index contributed by atoms with van der Waals surface area (Å²) in [5, 5.41) is 5.69. The zero-order chi connectivity index (χ0) is 16.8. The first-order valence-electron chi connectivity index (χ1n) is 9.16. The zero-order valence-corrected chi connectivity index (χ0v) is 15.8. The summed E-state index contributed by atoms with van der Waals surface area (Å²) in [6.45, 7) is 0.774. The Labute approximate surface area is 153 Å². The highest BCUT2D eigenvalue weighted by atomic mass is 79.9. The Balaban J connectivity index is 1.46. The summed E-state index contributed by atoms with van der Waals surface area (Å²) in [5.74, 6) is 0.858. The van der Waals surface area contributed by atoms with E-state index in [4.69, 9.17) is 0 Å². The number of hydrogen-bond donors (Lipinski definition) is 1. The van der Waals surface area contributed by atoms with Crippen LogP contribution < -0.4 is 5.32 Å². The van der Waals surface area contributed by atoms with E-state index in [9.17, 15) is 4.79 Å². The Morgan fingerprint density at radius 1 is 1.12 bits per heavy atom. The van der Waals surface area contributed by atoms with Crippen molar-refractivity contribution in [3.63, 3.8) is 0 Å². The van der Waals surface area contributed by atoms with Gasteiger partial charge in [-0.1, -0.05) is 59.5 Å². The van der Waals surface area contributed by atoms with Gasteiger partial charge in [0, 0.05) is 17.4 Å². The first-order valence-corrected chi connectivity index (χ1v) is 9.95. The molecule has 1 aliphatic carbocycles. The van der Waals surface area contributed by atoms with Gasteiger partial charge in [-0.2, -0.15) is 0 Å². The largest absolute Gasteiger partial charge is 0.356 e. The minimum absolute atomic E-state index is 0.238. The Morgan fingerprint density at radius 2 is 1.96 bits per heavy atom. The van der Waals surface area contributed by atoms with Crippen LogP contribution in [0.2, 0.25) is 0 Å². The molecular weight excluding hydrogens is 362 g/mol. The van der Waals surface area contributed by atoms with Crippen LogP contribution in [0.25, 0.3) is 10.8 Å². The third kappa shape index (κ3) is 4.83. The van der Waals surface area contributed by atoms with Crippen LogP contribution in [0.4, 0.5) is 0 Å². The summed E-state index contributed by atoms with van der Waals surface area (Å²) in [6, 6.07) is 12.9. The van der Waals surface area contributed by atoms with Crippen molar-refractivity contribution in [2.75, 3.05) is 6.54 Å². The van der Waals surface area contributed by atoms with Gasteiger partial charge in [0.2, 0.25) is 5.91 Å².